The van der Waals surface area contributed by atoms with Crippen molar-refractivity contribution in [3.8, 4) is 5.75 Å². The van der Waals surface area contributed by atoms with Crippen LogP contribution in [0.25, 0.3) is 6.08 Å². The molecule has 0 bridgehead atoms. The smallest absolute Gasteiger partial charge is 0.247 e. The molecule has 0 heterocycles. The zero-order valence-electron chi connectivity index (χ0n) is 16.2. The van der Waals surface area contributed by atoms with Gasteiger partial charge < -0.3 is 14.7 Å². The van der Waals surface area contributed by atoms with E-state index in [1.165, 1.54) is 11.0 Å². The summed E-state index contributed by atoms with van der Waals surface area (Å²) in [4.78, 5) is 14.3. The fourth-order valence-corrected chi connectivity index (χ4v) is 2.88. The van der Waals surface area contributed by atoms with Gasteiger partial charge in [0.25, 0.3) is 0 Å². The Bertz CT molecular complexity index is 799. The lowest BCUT2D eigenvalue weighted by Gasteiger charge is -2.32. The van der Waals surface area contributed by atoms with Crippen LogP contribution in [-0.4, -0.2) is 35.7 Å². The number of carbonyl (C=O) groups is 1. The standard InChI is InChI=1S/C22H25F2NO3/c1-15(2)21(14-26)25(13-16-7-9-17(28-3)10-8-16)22(27)12-11-18-19(23)5-4-6-20(18)24/h4-12,15,21,26H,13-14H2,1-3H3/b12-11+/t21-/m1/s1. The van der Waals surface area contributed by atoms with Gasteiger partial charge >= 0.3 is 0 Å². The topological polar surface area (TPSA) is 49.8 Å². The molecule has 0 spiro atoms. The molecule has 0 saturated heterocycles. The van der Waals surface area contributed by atoms with Crippen LogP contribution < -0.4 is 4.74 Å². The van der Waals surface area contributed by atoms with Gasteiger partial charge in [0.15, 0.2) is 0 Å². The van der Waals surface area contributed by atoms with Crippen LogP contribution >= 0.6 is 0 Å². The summed E-state index contributed by atoms with van der Waals surface area (Å²) in [6, 6.07) is 10.3. The molecule has 2 aromatic rings. The van der Waals surface area contributed by atoms with E-state index in [1.54, 1.807) is 19.2 Å². The molecule has 4 nitrogen and oxygen atoms in total. The van der Waals surface area contributed by atoms with Crippen LogP contribution in [0.1, 0.15) is 25.0 Å². The molecular formula is C22H25F2NO3. The third-order valence-corrected chi connectivity index (χ3v) is 4.54. The predicted octanol–water partition coefficient (Wildman–Crippen LogP) is 4.03. The summed E-state index contributed by atoms with van der Waals surface area (Å²) in [5.41, 5.74) is 0.573. The first-order valence-corrected chi connectivity index (χ1v) is 9.03. The van der Waals surface area contributed by atoms with Crippen LogP contribution in [0.5, 0.6) is 5.75 Å². The Morgan fingerprint density at radius 2 is 1.75 bits per heavy atom. The van der Waals surface area contributed by atoms with E-state index >= 15 is 0 Å². The third kappa shape index (κ3) is 5.39. The Balaban J connectivity index is 2.29. The van der Waals surface area contributed by atoms with Gasteiger partial charge in [0.05, 0.1) is 19.8 Å². The first kappa shape index (κ1) is 21.6. The fraction of sp³-hybridized carbons (Fsp3) is 0.318. The number of ether oxygens (including phenoxy) is 1. The SMILES string of the molecule is COc1ccc(CN(C(=O)/C=C/c2c(F)cccc2F)[C@H](CO)C(C)C)cc1. The number of aliphatic hydroxyl groups is 1. The Morgan fingerprint density at radius 1 is 1.14 bits per heavy atom. The van der Waals surface area contributed by atoms with Crippen molar-refractivity contribution < 1.29 is 23.4 Å². The van der Waals surface area contributed by atoms with E-state index < -0.39 is 23.6 Å². The van der Waals surface area contributed by atoms with E-state index in [4.69, 9.17) is 4.74 Å². The van der Waals surface area contributed by atoms with E-state index in [-0.39, 0.29) is 24.6 Å². The van der Waals surface area contributed by atoms with Crippen molar-refractivity contribution in [1.29, 1.82) is 0 Å². The molecule has 0 aromatic heterocycles. The number of nitrogens with zero attached hydrogens (tertiary/aromatic N) is 1. The number of hydrogen-bond acceptors (Lipinski definition) is 3. The second-order valence-electron chi connectivity index (χ2n) is 6.78. The molecule has 1 N–H and O–H groups in total. The second-order valence-corrected chi connectivity index (χ2v) is 6.78. The lowest BCUT2D eigenvalue weighted by Crippen LogP contribution is -2.44. The Kier molecular flexibility index (Phi) is 7.70. The molecule has 0 unspecified atom stereocenters. The number of aliphatic hydroxyl groups excluding tert-OH is 1. The van der Waals surface area contributed by atoms with E-state index in [2.05, 4.69) is 0 Å². The molecule has 0 aliphatic carbocycles. The molecular weight excluding hydrogens is 364 g/mol. The van der Waals surface area contributed by atoms with Crippen molar-refractivity contribution in [2.75, 3.05) is 13.7 Å². The summed E-state index contributed by atoms with van der Waals surface area (Å²) in [7, 11) is 1.57. The number of amides is 1. The lowest BCUT2D eigenvalue weighted by molar-refractivity contribution is -0.131. The van der Waals surface area contributed by atoms with Crippen LogP contribution in [0.15, 0.2) is 48.5 Å². The van der Waals surface area contributed by atoms with Crippen molar-refractivity contribution >= 4 is 12.0 Å². The van der Waals surface area contributed by atoms with Gasteiger partial charge in [0, 0.05) is 18.2 Å². The first-order chi connectivity index (χ1) is 13.4. The predicted molar refractivity (Wildman–Crippen MR) is 105 cm³/mol. The maximum atomic E-state index is 13.8. The average molecular weight is 389 g/mol. The normalized spacial score (nSPS) is 12.4. The molecule has 1 amide bonds. The molecule has 0 saturated carbocycles. The minimum absolute atomic E-state index is 0.00852. The number of hydrogen-bond donors (Lipinski definition) is 1. The highest BCUT2D eigenvalue weighted by molar-refractivity contribution is 5.92. The van der Waals surface area contributed by atoms with Gasteiger partial charge in [-0.1, -0.05) is 32.0 Å². The highest BCUT2D eigenvalue weighted by Crippen LogP contribution is 2.19. The number of methoxy groups -OCH3 is 1. The highest BCUT2D eigenvalue weighted by Gasteiger charge is 2.25. The van der Waals surface area contributed by atoms with E-state index in [0.717, 1.165) is 29.8 Å². The van der Waals surface area contributed by atoms with E-state index in [9.17, 15) is 18.7 Å². The van der Waals surface area contributed by atoms with Crippen LogP contribution in [0.2, 0.25) is 0 Å². The lowest BCUT2D eigenvalue weighted by atomic mass is 10.0. The van der Waals surface area contributed by atoms with E-state index in [0.29, 0.717) is 5.75 Å². The average Bonchev–Trinajstić information content (AvgIpc) is 2.67. The minimum atomic E-state index is -0.742. The number of rotatable bonds is 8. The fourth-order valence-electron chi connectivity index (χ4n) is 2.88. The van der Waals surface area contributed by atoms with Gasteiger partial charge in [-0.25, -0.2) is 8.78 Å². The van der Waals surface area contributed by atoms with Gasteiger partial charge in [-0.3, -0.25) is 4.79 Å². The molecule has 28 heavy (non-hydrogen) atoms. The number of carbonyl (C=O) groups excluding carboxylic acids is 1. The largest absolute Gasteiger partial charge is 0.497 e. The monoisotopic (exact) mass is 389 g/mol. The summed E-state index contributed by atoms with van der Waals surface area (Å²) in [5, 5.41) is 9.79. The molecule has 0 aliphatic heterocycles. The summed E-state index contributed by atoms with van der Waals surface area (Å²) in [6.07, 6.45) is 2.26. The summed E-state index contributed by atoms with van der Waals surface area (Å²) >= 11 is 0. The van der Waals surface area contributed by atoms with Gasteiger partial charge in [0.2, 0.25) is 5.91 Å². The van der Waals surface area contributed by atoms with Crippen LogP contribution in [0, 0.1) is 17.6 Å². The zero-order chi connectivity index (χ0) is 20.7. The van der Waals surface area contributed by atoms with Gasteiger partial charge in [0.1, 0.15) is 17.4 Å². The van der Waals surface area contributed by atoms with Crippen molar-refractivity contribution in [3.05, 3.63) is 71.3 Å². The van der Waals surface area contributed by atoms with Crippen molar-refractivity contribution in [3.63, 3.8) is 0 Å². The Labute approximate surface area is 164 Å². The molecule has 1 atom stereocenters. The van der Waals surface area contributed by atoms with Crippen LogP contribution in [-0.2, 0) is 11.3 Å². The molecule has 6 heteroatoms. The van der Waals surface area contributed by atoms with Crippen molar-refractivity contribution in [2.45, 2.75) is 26.4 Å². The molecule has 0 fully saturated rings. The highest BCUT2D eigenvalue weighted by atomic mass is 19.1. The molecule has 150 valence electrons. The van der Waals surface area contributed by atoms with Crippen molar-refractivity contribution in [2.24, 2.45) is 5.92 Å². The van der Waals surface area contributed by atoms with Gasteiger partial charge in [-0.15, -0.1) is 0 Å². The first-order valence-electron chi connectivity index (χ1n) is 9.03. The second kappa shape index (κ2) is 9.99. The molecule has 0 radical (unpaired) electrons. The Hall–Kier alpha value is -2.73. The van der Waals surface area contributed by atoms with Gasteiger partial charge in [-0.05, 0) is 41.8 Å². The maximum absolute atomic E-state index is 13.8. The number of benzene rings is 2. The summed E-state index contributed by atoms with van der Waals surface area (Å²) < 4.78 is 32.7. The zero-order valence-corrected chi connectivity index (χ0v) is 16.2. The Morgan fingerprint density at radius 3 is 2.25 bits per heavy atom. The molecule has 2 rings (SSSR count). The summed E-state index contributed by atoms with van der Waals surface area (Å²) in [6.45, 7) is 3.82. The number of halogens is 2. The molecule has 0 aliphatic rings. The van der Waals surface area contributed by atoms with Crippen molar-refractivity contribution in [1.82, 2.24) is 4.90 Å². The minimum Gasteiger partial charge on any atom is -0.497 e. The van der Waals surface area contributed by atoms with Crippen LogP contribution in [0.4, 0.5) is 8.78 Å². The quantitative estimate of drug-likeness (QED) is 0.694. The maximum Gasteiger partial charge on any atom is 0.247 e. The summed E-state index contributed by atoms with van der Waals surface area (Å²) in [5.74, 6) is -1.24. The molecule has 2 aromatic carbocycles. The van der Waals surface area contributed by atoms with E-state index in [1.807, 2.05) is 26.0 Å². The third-order valence-electron chi connectivity index (χ3n) is 4.54. The van der Waals surface area contributed by atoms with Gasteiger partial charge in [-0.2, -0.15) is 0 Å². The van der Waals surface area contributed by atoms with Crippen LogP contribution in [0.3, 0.4) is 0 Å².